The highest BCUT2D eigenvalue weighted by Crippen LogP contribution is 2.29. The molecule has 0 radical (unpaired) electrons. The SMILES string of the molecule is Cc1ccc(-c2nc(OC(F)F)c3cc(Br)ccc3n2)cc1. The molecule has 3 rings (SSSR count). The second kappa shape index (κ2) is 5.96. The van der Waals surface area contributed by atoms with Gasteiger partial charge in [0.2, 0.25) is 5.88 Å². The Morgan fingerprint density at radius 2 is 1.77 bits per heavy atom. The molecule has 0 spiro atoms. The third-order valence-corrected chi connectivity index (χ3v) is 3.63. The molecule has 2 aromatic carbocycles. The summed E-state index contributed by atoms with van der Waals surface area (Å²) in [6.07, 6.45) is 0. The Kier molecular flexibility index (Phi) is 4.02. The van der Waals surface area contributed by atoms with Crippen molar-refractivity contribution in [2.45, 2.75) is 13.5 Å². The zero-order chi connectivity index (χ0) is 15.7. The number of ether oxygens (including phenoxy) is 1. The lowest BCUT2D eigenvalue weighted by Crippen LogP contribution is -2.05. The van der Waals surface area contributed by atoms with Crippen LogP contribution in [0.25, 0.3) is 22.3 Å². The number of aryl methyl sites for hydroxylation is 1. The van der Waals surface area contributed by atoms with E-state index in [0.717, 1.165) is 15.6 Å². The molecule has 0 atom stereocenters. The first-order valence-electron chi connectivity index (χ1n) is 6.52. The van der Waals surface area contributed by atoms with E-state index in [9.17, 15) is 8.78 Å². The summed E-state index contributed by atoms with van der Waals surface area (Å²) in [6, 6.07) is 12.7. The minimum absolute atomic E-state index is 0.128. The van der Waals surface area contributed by atoms with Crippen molar-refractivity contribution in [3.8, 4) is 17.3 Å². The van der Waals surface area contributed by atoms with Crippen LogP contribution in [-0.2, 0) is 0 Å². The summed E-state index contributed by atoms with van der Waals surface area (Å²) in [4.78, 5) is 8.58. The van der Waals surface area contributed by atoms with Gasteiger partial charge in [0.15, 0.2) is 5.82 Å². The zero-order valence-electron chi connectivity index (χ0n) is 11.6. The van der Waals surface area contributed by atoms with Crippen molar-refractivity contribution in [2.75, 3.05) is 0 Å². The molecule has 0 saturated heterocycles. The average Bonchev–Trinajstić information content (AvgIpc) is 2.48. The molecule has 1 heterocycles. The highest BCUT2D eigenvalue weighted by molar-refractivity contribution is 9.10. The van der Waals surface area contributed by atoms with Gasteiger partial charge in [0.05, 0.1) is 10.9 Å². The molecule has 3 nitrogen and oxygen atoms in total. The number of benzene rings is 2. The maximum absolute atomic E-state index is 12.6. The maximum Gasteiger partial charge on any atom is 0.388 e. The molecule has 0 unspecified atom stereocenters. The topological polar surface area (TPSA) is 35.0 Å². The summed E-state index contributed by atoms with van der Waals surface area (Å²) in [5.41, 5.74) is 2.39. The van der Waals surface area contributed by atoms with E-state index < -0.39 is 6.61 Å². The Morgan fingerprint density at radius 3 is 2.45 bits per heavy atom. The number of alkyl halides is 2. The van der Waals surface area contributed by atoms with Gasteiger partial charge in [0.25, 0.3) is 0 Å². The number of hydrogen-bond donors (Lipinski definition) is 0. The largest absolute Gasteiger partial charge is 0.416 e. The summed E-state index contributed by atoms with van der Waals surface area (Å²) >= 11 is 3.31. The Balaban J connectivity index is 2.19. The van der Waals surface area contributed by atoms with Crippen LogP contribution in [0.1, 0.15) is 5.56 Å². The van der Waals surface area contributed by atoms with Crippen LogP contribution < -0.4 is 4.74 Å². The van der Waals surface area contributed by atoms with Crippen LogP contribution in [0, 0.1) is 6.92 Å². The molecule has 0 aliphatic rings. The van der Waals surface area contributed by atoms with E-state index in [1.807, 2.05) is 31.2 Å². The van der Waals surface area contributed by atoms with E-state index in [-0.39, 0.29) is 5.88 Å². The normalized spacial score (nSPS) is 11.1. The van der Waals surface area contributed by atoms with E-state index in [4.69, 9.17) is 0 Å². The lowest BCUT2D eigenvalue weighted by molar-refractivity contribution is -0.0516. The molecule has 0 amide bonds. The average molecular weight is 365 g/mol. The van der Waals surface area contributed by atoms with Crippen LogP contribution in [0.2, 0.25) is 0 Å². The van der Waals surface area contributed by atoms with Gasteiger partial charge < -0.3 is 4.74 Å². The summed E-state index contributed by atoms with van der Waals surface area (Å²) in [6.45, 7) is -0.976. The second-order valence-corrected chi connectivity index (χ2v) is 5.67. The van der Waals surface area contributed by atoms with Crippen LogP contribution in [0.5, 0.6) is 5.88 Å². The van der Waals surface area contributed by atoms with Crippen molar-refractivity contribution >= 4 is 26.8 Å². The van der Waals surface area contributed by atoms with Crippen molar-refractivity contribution in [1.82, 2.24) is 9.97 Å². The third kappa shape index (κ3) is 3.06. The first-order chi connectivity index (χ1) is 10.5. The predicted molar refractivity (Wildman–Crippen MR) is 84.0 cm³/mol. The molecule has 0 aliphatic heterocycles. The first-order valence-corrected chi connectivity index (χ1v) is 7.31. The molecule has 0 N–H and O–H groups in total. The number of hydrogen-bond acceptors (Lipinski definition) is 3. The predicted octanol–water partition coefficient (Wildman–Crippen LogP) is 4.97. The smallest absolute Gasteiger partial charge is 0.388 e. The Morgan fingerprint density at radius 1 is 1.05 bits per heavy atom. The Bertz CT molecular complexity index is 822. The number of fused-ring (bicyclic) bond motifs is 1. The van der Waals surface area contributed by atoms with E-state index in [1.54, 1.807) is 18.2 Å². The van der Waals surface area contributed by atoms with Crippen LogP contribution in [0.15, 0.2) is 46.9 Å². The molecule has 0 saturated carbocycles. The summed E-state index contributed by atoms with van der Waals surface area (Å²) in [7, 11) is 0. The van der Waals surface area contributed by atoms with E-state index in [0.29, 0.717) is 16.7 Å². The van der Waals surface area contributed by atoms with Crippen LogP contribution >= 0.6 is 15.9 Å². The Labute approximate surface area is 134 Å². The fourth-order valence-electron chi connectivity index (χ4n) is 2.08. The molecule has 0 bridgehead atoms. The van der Waals surface area contributed by atoms with Crippen LogP contribution in [0.4, 0.5) is 8.78 Å². The number of rotatable bonds is 3. The van der Waals surface area contributed by atoms with Gasteiger partial charge in [-0.2, -0.15) is 13.8 Å². The van der Waals surface area contributed by atoms with Crippen molar-refractivity contribution in [1.29, 1.82) is 0 Å². The summed E-state index contributed by atoms with van der Waals surface area (Å²) in [5.74, 6) is 0.224. The molecule has 0 fully saturated rings. The van der Waals surface area contributed by atoms with Crippen molar-refractivity contribution in [3.05, 3.63) is 52.5 Å². The molecule has 1 aromatic heterocycles. The molecule has 112 valence electrons. The lowest BCUT2D eigenvalue weighted by Gasteiger charge is -2.10. The van der Waals surface area contributed by atoms with Gasteiger partial charge in [-0.25, -0.2) is 4.98 Å². The molecule has 22 heavy (non-hydrogen) atoms. The molecule has 3 aromatic rings. The zero-order valence-corrected chi connectivity index (χ0v) is 13.1. The van der Waals surface area contributed by atoms with Crippen LogP contribution in [-0.4, -0.2) is 16.6 Å². The first kappa shape index (κ1) is 14.8. The monoisotopic (exact) mass is 364 g/mol. The minimum atomic E-state index is -2.94. The van der Waals surface area contributed by atoms with Gasteiger partial charge in [0.1, 0.15) is 0 Å². The summed E-state index contributed by atoms with van der Waals surface area (Å²) in [5, 5.41) is 0.436. The molecule has 0 aliphatic carbocycles. The second-order valence-electron chi connectivity index (χ2n) is 4.76. The van der Waals surface area contributed by atoms with Gasteiger partial charge in [-0.05, 0) is 25.1 Å². The molecular formula is C16H11BrF2N2O. The fourth-order valence-corrected chi connectivity index (χ4v) is 2.44. The standard InChI is InChI=1S/C16H11BrF2N2O/c1-9-2-4-10(5-3-9)14-20-13-7-6-11(17)8-12(13)15(21-14)22-16(18)19/h2-8,16H,1H3. The highest BCUT2D eigenvalue weighted by atomic mass is 79.9. The quantitative estimate of drug-likeness (QED) is 0.658. The van der Waals surface area contributed by atoms with Crippen LogP contribution in [0.3, 0.4) is 0 Å². The molecular weight excluding hydrogens is 354 g/mol. The lowest BCUT2D eigenvalue weighted by atomic mass is 10.1. The fraction of sp³-hybridized carbons (Fsp3) is 0.125. The highest BCUT2D eigenvalue weighted by Gasteiger charge is 2.14. The van der Waals surface area contributed by atoms with Crippen molar-refractivity contribution in [2.24, 2.45) is 0 Å². The van der Waals surface area contributed by atoms with Gasteiger partial charge in [-0.1, -0.05) is 45.8 Å². The number of aromatic nitrogens is 2. The number of halogens is 3. The van der Waals surface area contributed by atoms with Gasteiger partial charge in [-0.3, -0.25) is 0 Å². The van der Waals surface area contributed by atoms with Crippen molar-refractivity contribution < 1.29 is 13.5 Å². The van der Waals surface area contributed by atoms with E-state index >= 15 is 0 Å². The van der Waals surface area contributed by atoms with E-state index in [2.05, 4.69) is 30.6 Å². The molecule has 6 heteroatoms. The van der Waals surface area contributed by atoms with Gasteiger partial charge in [0, 0.05) is 10.0 Å². The van der Waals surface area contributed by atoms with Crippen molar-refractivity contribution in [3.63, 3.8) is 0 Å². The van der Waals surface area contributed by atoms with Gasteiger partial charge >= 0.3 is 6.61 Å². The van der Waals surface area contributed by atoms with Gasteiger partial charge in [-0.15, -0.1) is 0 Å². The minimum Gasteiger partial charge on any atom is -0.416 e. The van der Waals surface area contributed by atoms with E-state index in [1.165, 1.54) is 0 Å². The maximum atomic E-state index is 12.6. The number of nitrogens with zero attached hydrogens (tertiary/aromatic N) is 2. The Hall–Kier alpha value is -2.08. The summed E-state index contributed by atoms with van der Waals surface area (Å²) < 4.78 is 30.6. The third-order valence-electron chi connectivity index (χ3n) is 3.13.